The van der Waals surface area contributed by atoms with E-state index >= 15 is 0 Å². The van der Waals surface area contributed by atoms with E-state index in [0.29, 0.717) is 5.69 Å². The number of carboxylic acid groups (broad SMARTS) is 1. The zero-order valence-electron chi connectivity index (χ0n) is 10.4. The number of nitrogens with zero attached hydrogens (tertiary/aromatic N) is 3. The molecular weight excluding hydrogens is 242 g/mol. The van der Waals surface area contributed by atoms with Crippen molar-refractivity contribution in [2.75, 3.05) is 0 Å². The Morgan fingerprint density at radius 3 is 2.53 bits per heavy atom. The average Bonchev–Trinajstić information content (AvgIpc) is 2.46. The number of rotatable bonds is 4. The smallest absolute Gasteiger partial charge is 0.335 e. The standard InChI is InChI=1S/C14H13N3O2/c1-10(13-4-2-3-9-15-13)16-17-12-7-5-11(6-8-12)14(18)19/h2-10H,1H3,(H,18,19)/t10-/m0/s1. The SMILES string of the molecule is C[C@H](N=Nc1ccc(C(=O)O)cc1)c1ccccn1. The van der Waals surface area contributed by atoms with Crippen LogP contribution in [0.3, 0.4) is 0 Å². The van der Waals surface area contributed by atoms with Crippen LogP contribution in [0, 0.1) is 0 Å². The van der Waals surface area contributed by atoms with Crippen LogP contribution in [0.15, 0.2) is 58.9 Å². The van der Waals surface area contributed by atoms with E-state index in [1.807, 2.05) is 25.1 Å². The van der Waals surface area contributed by atoms with E-state index in [1.165, 1.54) is 12.1 Å². The molecule has 0 amide bonds. The highest BCUT2D eigenvalue weighted by atomic mass is 16.4. The fourth-order valence-corrected chi connectivity index (χ4v) is 1.51. The van der Waals surface area contributed by atoms with Gasteiger partial charge in [0.25, 0.3) is 0 Å². The number of aromatic nitrogens is 1. The maximum absolute atomic E-state index is 10.7. The van der Waals surface area contributed by atoms with E-state index < -0.39 is 5.97 Å². The molecule has 0 aliphatic rings. The molecule has 0 saturated heterocycles. The van der Waals surface area contributed by atoms with Crippen LogP contribution in [0.25, 0.3) is 0 Å². The first-order valence-corrected chi connectivity index (χ1v) is 5.82. The Labute approximate surface area is 110 Å². The van der Waals surface area contributed by atoms with Gasteiger partial charge in [0, 0.05) is 6.20 Å². The normalized spacial score (nSPS) is 12.5. The first-order valence-electron chi connectivity index (χ1n) is 5.82. The predicted molar refractivity (Wildman–Crippen MR) is 70.6 cm³/mol. The van der Waals surface area contributed by atoms with Crippen LogP contribution in [0.2, 0.25) is 0 Å². The van der Waals surface area contributed by atoms with Gasteiger partial charge in [0.15, 0.2) is 0 Å². The summed E-state index contributed by atoms with van der Waals surface area (Å²) >= 11 is 0. The lowest BCUT2D eigenvalue weighted by atomic mass is 10.2. The summed E-state index contributed by atoms with van der Waals surface area (Å²) < 4.78 is 0. The Hall–Kier alpha value is -2.56. The molecule has 0 unspecified atom stereocenters. The Morgan fingerprint density at radius 2 is 1.95 bits per heavy atom. The van der Waals surface area contributed by atoms with Crippen molar-refractivity contribution in [3.8, 4) is 0 Å². The molecule has 0 saturated carbocycles. The summed E-state index contributed by atoms with van der Waals surface area (Å²) in [5, 5.41) is 17.0. The molecule has 1 aromatic carbocycles. The Morgan fingerprint density at radius 1 is 1.21 bits per heavy atom. The van der Waals surface area contributed by atoms with Gasteiger partial charge in [-0.05, 0) is 43.3 Å². The largest absolute Gasteiger partial charge is 0.478 e. The van der Waals surface area contributed by atoms with Gasteiger partial charge in [-0.2, -0.15) is 10.2 Å². The summed E-state index contributed by atoms with van der Waals surface area (Å²) in [4.78, 5) is 14.9. The molecular formula is C14H13N3O2. The number of carbonyl (C=O) groups is 1. The van der Waals surface area contributed by atoms with Crippen LogP contribution < -0.4 is 0 Å². The second kappa shape index (κ2) is 5.86. The first kappa shape index (κ1) is 12.9. The van der Waals surface area contributed by atoms with E-state index in [-0.39, 0.29) is 11.6 Å². The molecule has 19 heavy (non-hydrogen) atoms. The number of pyridine rings is 1. The molecule has 0 radical (unpaired) electrons. The monoisotopic (exact) mass is 255 g/mol. The summed E-state index contributed by atoms with van der Waals surface area (Å²) in [5.74, 6) is -0.953. The molecule has 2 aromatic rings. The highest BCUT2D eigenvalue weighted by molar-refractivity contribution is 5.87. The summed E-state index contributed by atoms with van der Waals surface area (Å²) in [6.45, 7) is 1.90. The van der Waals surface area contributed by atoms with Crippen molar-refractivity contribution in [1.82, 2.24) is 4.98 Å². The number of hydrogen-bond acceptors (Lipinski definition) is 4. The van der Waals surface area contributed by atoms with Crippen LogP contribution in [0.4, 0.5) is 5.69 Å². The lowest BCUT2D eigenvalue weighted by molar-refractivity contribution is 0.0697. The van der Waals surface area contributed by atoms with E-state index in [9.17, 15) is 4.79 Å². The van der Waals surface area contributed by atoms with Crippen LogP contribution in [-0.2, 0) is 0 Å². The van der Waals surface area contributed by atoms with Gasteiger partial charge < -0.3 is 5.11 Å². The first-order chi connectivity index (χ1) is 9.16. The molecule has 0 spiro atoms. The van der Waals surface area contributed by atoms with Crippen molar-refractivity contribution in [2.45, 2.75) is 13.0 Å². The molecule has 5 nitrogen and oxygen atoms in total. The lowest BCUT2D eigenvalue weighted by Crippen LogP contribution is -1.94. The Bertz CT molecular complexity index is 579. The number of hydrogen-bond donors (Lipinski definition) is 1. The van der Waals surface area contributed by atoms with E-state index in [2.05, 4.69) is 15.2 Å². The lowest BCUT2D eigenvalue weighted by Gasteiger charge is -2.03. The molecule has 0 fully saturated rings. The summed E-state index contributed by atoms with van der Waals surface area (Å²) in [7, 11) is 0. The Kier molecular flexibility index (Phi) is 3.97. The number of azo groups is 1. The van der Waals surface area contributed by atoms with Gasteiger partial charge >= 0.3 is 5.97 Å². The zero-order chi connectivity index (χ0) is 13.7. The van der Waals surface area contributed by atoms with Gasteiger partial charge in [0.05, 0.1) is 16.9 Å². The van der Waals surface area contributed by atoms with Gasteiger partial charge in [-0.15, -0.1) is 0 Å². The van der Waals surface area contributed by atoms with Crippen LogP contribution in [-0.4, -0.2) is 16.1 Å². The summed E-state index contributed by atoms with van der Waals surface area (Å²) in [5.41, 5.74) is 1.69. The van der Waals surface area contributed by atoms with Gasteiger partial charge in [0.1, 0.15) is 6.04 Å². The van der Waals surface area contributed by atoms with E-state index in [4.69, 9.17) is 5.11 Å². The van der Waals surface area contributed by atoms with Crippen LogP contribution in [0.5, 0.6) is 0 Å². The van der Waals surface area contributed by atoms with Crippen molar-refractivity contribution >= 4 is 11.7 Å². The molecule has 2 rings (SSSR count). The summed E-state index contributed by atoms with van der Waals surface area (Å²) in [6.07, 6.45) is 1.71. The molecule has 1 heterocycles. The average molecular weight is 255 g/mol. The van der Waals surface area contributed by atoms with Crippen LogP contribution >= 0.6 is 0 Å². The highest BCUT2D eigenvalue weighted by Crippen LogP contribution is 2.19. The summed E-state index contributed by atoms with van der Waals surface area (Å²) in [6, 6.07) is 11.7. The number of benzene rings is 1. The second-order valence-corrected chi connectivity index (χ2v) is 4.00. The van der Waals surface area contributed by atoms with Crippen molar-refractivity contribution in [2.24, 2.45) is 10.2 Å². The minimum Gasteiger partial charge on any atom is -0.478 e. The minimum absolute atomic E-state index is 0.139. The molecule has 1 aromatic heterocycles. The third-order valence-electron chi connectivity index (χ3n) is 2.58. The molecule has 1 N–H and O–H groups in total. The highest BCUT2D eigenvalue weighted by Gasteiger charge is 2.04. The molecule has 5 heteroatoms. The fraction of sp³-hybridized carbons (Fsp3) is 0.143. The van der Waals surface area contributed by atoms with Gasteiger partial charge in [-0.3, -0.25) is 4.98 Å². The maximum Gasteiger partial charge on any atom is 0.335 e. The zero-order valence-corrected chi connectivity index (χ0v) is 10.4. The Balaban J connectivity index is 2.08. The number of aromatic carboxylic acids is 1. The minimum atomic E-state index is -0.953. The van der Waals surface area contributed by atoms with Crippen molar-refractivity contribution in [3.05, 3.63) is 59.9 Å². The molecule has 1 atom stereocenters. The van der Waals surface area contributed by atoms with Crippen molar-refractivity contribution < 1.29 is 9.90 Å². The predicted octanol–water partition coefficient (Wildman–Crippen LogP) is 3.62. The van der Waals surface area contributed by atoms with Gasteiger partial charge in [0.2, 0.25) is 0 Å². The molecule has 0 aliphatic heterocycles. The van der Waals surface area contributed by atoms with Crippen molar-refractivity contribution in [1.29, 1.82) is 0 Å². The third-order valence-corrected chi connectivity index (χ3v) is 2.58. The second-order valence-electron chi connectivity index (χ2n) is 4.00. The van der Waals surface area contributed by atoms with E-state index in [1.54, 1.807) is 18.3 Å². The molecule has 0 aliphatic carbocycles. The topological polar surface area (TPSA) is 74.9 Å². The quantitative estimate of drug-likeness (QED) is 0.847. The van der Waals surface area contributed by atoms with Gasteiger partial charge in [-0.25, -0.2) is 4.79 Å². The molecule has 0 bridgehead atoms. The maximum atomic E-state index is 10.7. The third kappa shape index (κ3) is 3.45. The molecule has 96 valence electrons. The fourth-order valence-electron chi connectivity index (χ4n) is 1.51. The van der Waals surface area contributed by atoms with E-state index in [0.717, 1.165) is 5.69 Å². The van der Waals surface area contributed by atoms with Crippen LogP contribution in [0.1, 0.15) is 29.0 Å². The van der Waals surface area contributed by atoms with Gasteiger partial charge in [-0.1, -0.05) is 6.07 Å². The van der Waals surface area contributed by atoms with Crippen molar-refractivity contribution in [3.63, 3.8) is 0 Å². The number of carboxylic acids is 1.